The van der Waals surface area contributed by atoms with E-state index < -0.39 is 0 Å². The number of hydrogen-bond donors (Lipinski definition) is 1. The fraction of sp³-hybridized carbons (Fsp3) is 0.500. The number of hydrogen-bond acceptors (Lipinski definition) is 4. The summed E-state index contributed by atoms with van der Waals surface area (Å²) < 4.78 is 2.82. The summed E-state index contributed by atoms with van der Waals surface area (Å²) in [6, 6.07) is 3.93. The minimum atomic E-state index is 0.653. The lowest BCUT2D eigenvalue weighted by Crippen LogP contribution is -2.21. The molecule has 1 unspecified atom stereocenters. The molecule has 3 rings (SSSR count). The molecule has 0 aromatic carbocycles. The molecule has 1 fully saturated rings. The van der Waals surface area contributed by atoms with Crippen molar-refractivity contribution in [3.63, 3.8) is 0 Å². The summed E-state index contributed by atoms with van der Waals surface area (Å²) in [6.45, 7) is 6.62. The first-order valence-corrected chi connectivity index (χ1v) is 7.46. The molecule has 3 heterocycles. The van der Waals surface area contributed by atoms with Crippen molar-refractivity contribution in [3.05, 3.63) is 29.3 Å². The predicted molar refractivity (Wildman–Crippen MR) is 80.9 cm³/mol. The molecule has 0 radical (unpaired) electrons. The number of aromatic amines is 1. The molecule has 2 aromatic heterocycles. The fourth-order valence-electron chi connectivity index (χ4n) is 2.82. The molecule has 0 spiro atoms. The van der Waals surface area contributed by atoms with E-state index in [2.05, 4.69) is 31.6 Å². The second-order valence-electron chi connectivity index (χ2n) is 5.25. The first-order valence-electron chi connectivity index (χ1n) is 7.06. The van der Waals surface area contributed by atoms with E-state index in [1.165, 1.54) is 13.0 Å². The van der Waals surface area contributed by atoms with Gasteiger partial charge in [0.2, 0.25) is 0 Å². The molecule has 0 aliphatic carbocycles. The van der Waals surface area contributed by atoms with Gasteiger partial charge in [-0.25, -0.2) is 0 Å². The largest absolute Gasteiger partial charge is 0.303 e. The third kappa shape index (κ3) is 2.66. The van der Waals surface area contributed by atoms with Crippen molar-refractivity contribution < 1.29 is 0 Å². The molecule has 20 heavy (non-hydrogen) atoms. The van der Waals surface area contributed by atoms with E-state index in [0.717, 1.165) is 31.0 Å². The molecule has 1 saturated heterocycles. The summed E-state index contributed by atoms with van der Waals surface area (Å²) in [4.78, 5) is 6.54. The Balaban J connectivity index is 1.84. The number of nitrogens with zero attached hydrogens (tertiary/aromatic N) is 4. The summed E-state index contributed by atoms with van der Waals surface area (Å²) in [6.07, 6.45) is 4.80. The molecule has 1 aliphatic heterocycles. The number of likely N-dealkylation sites (tertiary alicyclic amines) is 1. The highest BCUT2D eigenvalue weighted by Gasteiger charge is 2.23. The Hall–Kier alpha value is -1.53. The molecule has 1 N–H and O–H groups in total. The molecule has 0 amide bonds. The normalized spacial score (nSPS) is 19.6. The molecular weight excluding hydrogens is 270 g/mol. The summed E-state index contributed by atoms with van der Waals surface area (Å²) in [5.41, 5.74) is 1.05. The van der Waals surface area contributed by atoms with E-state index in [9.17, 15) is 0 Å². The lowest BCUT2D eigenvalue weighted by atomic mass is 10.1. The van der Waals surface area contributed by atoms with Crippen LogP contribution in [0.3, 0.4) is 0 Å². The Labute approximate surface area is 123 Å². The van der Waals surface area contributed by atoms with Gasteiger partial charge in [-0.2, -0.15) is 5.10 Å². The van der Waals surface area contributed by atoms with Crippen molar-refractivity contribution in [1.29, 1.82) is 0 Å². The maximum absolute atomic E-state index is 5.38. The zero-order valence-electron chi connectivity index (χ0n) is 11.6. The van der Waals surface area contributed by atoms with Crippen molar-refractivity contribution in [3.8, 4) is 11.4 Å². The molecule has 6 heteroatoms. The number of H-pyrrole nitrogens is 1. The monoisotopic (exact) mass is 289 g/mol. The summed E-state index contributed by atoms with van der Waals surface area (Å²) in [7, 11) is 0. The van der Waals surface area contributed by atoms with Gasteiger partial charge >= 0.3 is 0 Å². The van der Waals surface area contributed by atoms with Gasteiger partial charge in [0.05, 0.1) is 0 Å². The van der Waals surface area contributed by atoms with Gasteiger partial charge in [0.15, 0.2) is 10.6 Å². The molecule has 106 valence electrons. The lowest BCUT2D eigenvalue weighted by molar-refractivity contribution is 0.332. The van der Waals surface area contributed by atoms with Crippen molar-refractivity contribution in [2.45, 2.75) is 19.9 Å². The molecular formula is C14H19N5S. The van der Waals surface area contributed by atoms with Gasteiger partial charge in [-0.1, -0.05) is 6.92 Å². The SMILES string of the molecule is CCN1CCC(Cn2c(-c3ccncc3)n[nH]c2=S)C1. The van der Waals surface area contributed by atoms with Crippen LogP contribution >= 0.6 is 12.2 Å². The van der Waals surface area contributed by atoms with E-state index in [4.69, 9.17) is 12.2 Å². The van der Waals surface area contributed by atoms with Gasteiger partial charge in [0.25, 0.3) is 0 Å². The third-order valence-electron chi connectivity index (χ3n) is 3.95. The summed E-state index contributed by atoms with van der Waals surface area (Å²) >= 11 is 5.38. The topological polar surface area (TPSA) is 49.7 Å². The van der Waals surface area contributed by atoms with Crippen molar-refractivity contribution in [2.24, 2.45) is 5.92 Å². The molecule has 1 aliphatic rings. The van der Waals surface area contributed by atoms with Crippen molar-refractivity contribution in [2.75, 3.05) is 19.6 Å². The predicted octanol–water partition coefficient (Wildman–Crippen LogP) is 2.34. The zero-order chi connectivity index (χ0) is 13.9. The van der Waals surface area contributed by atoms with Crippen LogP contribution < -0.4 is 0 Å². The van der Waals surface area contributed by atoms with Gasteiger partial charge in [-0.05, 0) is 49.8 Å². The highest BCUT2D eigenvalue weighted by Crippen LogP contribution is 2.22. The standard InChI is InChI=1S/C14H19N5S/c1-2-18-8-5-11(9-18)10-19-13(16-17-14(19)20)12-3-6-15-7-4-12/h3-4,6-7,11H,2,5,8-10H2,1H3,(H,17,20). The average molecular weight is 289 g/mol. The Bertz CT molecular complexity index is 618. The molecule has 0 saturated carbocycles. The number of pyridine rings is 1. The van der Waals surface area contributed by atoms with Crippen LogP contribution in [0.2, 0.25) is 0 Å². The quantitative estimate of drug-likeness (QED) is 0.878. The smallest absolute Gasteiger partial charge is 0.195 e. The Kier molecular flexibility index (Phi) is 3.93. The second kappa shape index (κ2) is 5.85. The van der Waals surface area contributed by atoms with Gasteiger partial charge < -0.3 is 4.90 Å². The third-order valence-corrected chi connectivity index (χ3v) is 4.27. The number of nitrogens with one attached hydrogen (secondary N) is 1. The Morgan fingerprint density at radius 1 is 1.40 bits per heavy atom. The summed E-state index contributed by atoms with van der Waals surface area (Å²) in [5.74, 6) is 1.56. The average Bonchev–Trinajstić information content (AvgIpc) is 3.08. The van der Waals surface area contributed by atoms with Crippen LogP contribution in [0, 0.1) is 10.7 Å². The van der Waals surface area contributed by atoms with E-state index in [1.807, 2.05) is 12.1 Å². The Morgan fingerprint density at radius 2 is 2.20 bits per heavy atom. The van der Waals surface area contributed by atoms with Crippen LogP contribution in [0.25, 0.3) is 11.4 Å². The van der Waals surface area contributed by atoms with Gasteiger partial charge in [0.1, 0.15) is 0 Å². The van der Waals surface area contributed by atoms with Crippen LogP contribution in [0.5, 0.6) is 0 Å². The van der Waals surface area contributed by atoms with E-state index >= 15 is 0 Å². The second-order valence-corrected chi connectivity index (χ2v) is 5.63. The maximum atomic E-state index is 5.38. The summed E-state index contributed by atoms with van der Waals surface area (Å²) in [5, 5.41) is 7.29. The van der Waals surface area contributed by atoms with E-state index in [1.54, 1.807) is 12.4 Å². The minimum absolute atomic E-state index is 0.653. The van der Waals surface area contributed by atoms with Crippen LogP contribution in [0.4, 0.5) is 0 Å². The highest BCUT2D eigenvalue weighted by atomic mass is 32.1. The zero-order valence-corrected chi connectivity index (χ0v) is 12.4. The molecule has 2 aromatic rings. The lowest BCUT2D eigenvalue weighted by Gasteiger charge is -2.14. The first kappa shape index (κ1) is 13.5. The van der Waals surface area contributed by atoms with E-state index in [-0.39, 0.29) is 0 Å². The molecule has 1 atom stereocenters. The van der Waals surface area contributed by atoms with Crippen LogP contribution in [0.1, 0.15) is 13.3 Å². The highest BCUT2D eigenvalue weighted by molar-refractivity contribution is 7.71. The van der Waals surface area contributed by atoms with Crippen LogP contribution in [-0.4, -0.2) is 44.3 Å². The number of rotatable bonds is 4. The number of aromatic nitrogens is 4. The molecule has 0 bridgehead atoms. The van der Waals surface area contributed by atoms with Crippen molar-refractivity contribution >= 4 is 12.2 Å². The van der Waals surface area contributed by atoms with E-state index in [0.29, 0.717) is 10.7 Å². The maximum Gasteiger partial charge on any atom is 0.195 e. The van der Waals surface area contributed by atoms with Gasteiger partial charge in [0, 0.05) is 31.0 Å². The van der Waals surface area contributed by atoms with Crippen LogP contribution in [0.15, 0.2) is 24.5 Å². The van der Waals surface area contributed by atoms with Gasteiger partial charge in [-0.3, -0.25) is 14.6 Å². The van der Waals surface area contributed by atoms with Crippen LogP contribution in [-0.2, 0) is 6.54 Å². The van der Waals surface area contributed by atoms with Crippen molar-refractivity contribution in [1.82, 2.24) is 24.6 Å². The molecule has 5 nitrogen and oxygen atoms in total. The minimum Gasteiger partial charge on any atom is -0.303 e. The first-order chi connectivity index (χ1) is 9.78. The van der Waals surface area contributed by atoms with Gasteiger partial charge in [-0.15, -0.1) is 0 Å². The fourth-order valence-corrected chi connectivity index (χ4v) is 3.02. The Morgan fingerprint density at radius 3 is 2.90 bits per heavy atom.